The Morgan fingerprint density at radius 2 is 1.96 bits per heavy atom. The number of rotatable bonds is 7. The summed E-state index contributed by atoms with van der Waals surface area (Å²) in [6.45, 7) is 2.13. The Labute approximate surface area is 153 Å². The quantitative estimate of drug-likeness (QED) is 0.657. The molecule has 1 aliphatic rings. The van der Waals surface area contributed by atoms with Crippen molar-refractivity contribution in [2.75, 3.05) is 29.9 Å². The van der Waals surface area contributed by atoms with E-state index in [0.717, 1.165) is 38.2 Å². The predicted octanol–water partition coefficient (Wildman–Crippen LogP) is 1.01. The fraction of sp³-hybridized carbons (Fsp3) is 0.438. The van der Waals surface area contributed by atoms with E-state index in [0.29, 0.717) is 24.2 Å². The first-order valence-corrected chi connectivity index (χ1v) is 10.1. The number of nitrogens with two attached hydrogens (primary N) is 1. The Kier molecular flexibility index (Phi) is 5.96. The Morgan fingerprint density at radius 3 is 2.65 bits per heavy atom. The van der Waals surface area contributed by atoms with Crippen LogP contribution >= 0.6 is 0 Å². The standard InChI is InChI=1S/C16H23N7O2S/c17-26(24,25)20-10-4-13-6-11-23(12-7-13)15-5-9-19-16(22-15)21-14-3-1-2-8-18-14/h1-3,5,8-9,13,20H,4,6-7,10-12H2,(H2,17,24,25)(H,18,19,21,22). The largest absolute Gasteiger partial charge is 0.356 e. The molecule has 0 spiro atoms. The van der Waals surface area contributed by atoms with Crippen molar-refractivity contribution in [3.8, 4) is 0 Å². The summed E-state index contributed by atoms with van der Waals surface area (Å²) in [6.07, 6.45) is 6.20. The molecule has 3 heterocycles. The van der Waals surface area contributed by atoms with Crippen molar-refractivity contribution in [1.82, 2.24) is 19.7 Å². The molecule has 0 unspecified atom stereocenters. The average molecular weight is 377 g/mol. The van der Waals surface area contributed by atoms with Crippen LogP contribution in [0.3, 0.4) is 0 Å². The molecule has 0 atom stereocenters. The Morgan fingerprint density at radius 1 is 1.15 bits per heavy atom. The highest BCUT2D eigenvalue weighted by atomic mass is 32.2. The molecule has 140 valence electrons. The maximum atomic E-state index is 10.9. The first-order chi connectivity index (χ1) is 12.5. The third-order valence-corrected chi connectivity index (χ3v) is 4.95. The van der Waals surface area contributed by atoms with E-state index in [-0.39, 0.29) is 0 Å². The summed E-state index contributed by atoms with van der Waals surface area (Å²) in [5.74, 6) is 2.57. The van der Waals surface area contributed by atoms with Crippen LogP contribution in [-0.4, -0.2) is 43.0 Å². The van der Waals surface area contributed by atoms with Crippen LogP contribution in [0.2, 0.25) is 0 Å². The Bertz CT molecular complexity index is 808. The van der Waals surface area contributed by atoms with Gasteiger partial charge < -0.3 is 10.2 Å². The molecule has 0 aliphatic carbocycles. The van der Waals surface area contributed by atoms with Gasteiger partial charge in [0.05, 0.1) is 0 Å². The summed E-state index contributed by atoms with van der Waals surface area (Å²) in [7, 11) is -3.60. The van der Waals surface area contributed by atoms with Crippen molar-refractivity contribution in [3.05, 3.63) is 36.7 Å². The molecule has 4 N–H and O–H groups in total. The van der Waals surface area contributed by atoms with Gasteiger partial charge in [0.15, 0.2) is 0 Å². The predicted molar refractivity (Wildman–Crippen MR) is 100 cm³/mol. The highest BCUT2D eigenvalue weighted by molar-refractivity contribution is 7.87. The van der Waals surface area contributed by atoms with E-state index in [9.17, 15) is 8.42 Å². The van der Waals surface area contributed by atoms with Gasteiger partial charge >= 0.3 is 0 Å². The van der Waals surface area contributed by atoms with Crippen LogP contribution in [-0.2, 0) is 10.2 Å². The van der Waals surface area contributed by atoms with Crippen molar-refractivity contribution in [2.24, 2.45) is 11.1 Å². The minimum absolute atomic E-state index is 0.384. The third-order valence-electron chi connectivity index (χ3n) is 4.34. The molecule has 0 bridgehead atoms. The number of nitrogens with zero attached hydrogens (tertiary/aromatic N) is 4. The summed E-state index contributed by atoms with van der Waals surface area (Å²) >= 11 is 0. The van der Waals surface area contributed by atoms with Gasteiger partial charge in [-0.25, -0.2) is 19.8 Å². The van der Waals surface area contributed by atoms with Crippen molar-refractivity contribution < 1.29 is 8.42 Å². The maximum absolute atomic E-state index is 10.9. The van der Waals surface area contributed by atoms with Gasteiger partial charge in [-0.3, -0.25) is 0 Å². The summed E-state index contributed by atoms with van der Waals surface area (Å²) in [5.41, 5.74) is 0. The second-order valence-corrected chi connectivity index (χ2v) is 7.62. The number of nitrogens with one attached hydrogen (secondary N) is 2. The topological polar surface area (TPSA) is 126 Å². The zero-order chi connectivity index (χ0) is 18.4. The summed E-state index contributed by atoms with van der Waals surface area (Å²) in [5, 5.41) is 8.04. The van der Waals surface area contributed by atoms with Crippen molar-refractivity contribution in [2.45, 2.75) is 19.3 Å². The number of aromatic nitrogens is 3. The molecule has 2 aromatic heterocycles. The Balaban J connectivity index is 1.52. The summed E-state index contributed by atoms with van der Waals surface area (Å²) in [6, 6.07) is 7.50. The van der Waals surface area contributed by atoms with Gasteiger partial charge in [-0.2, -0.15) is 13.4 Å². The van der Waals surface area contributed by atoms with Crippen LogP contribution in [0.4, 0.5) is 17.6 Å². The first kappa shape index (κ1) is 18.5. The molecule has 10 heteroatoms. The highest BCUT2D eigenvalue weighted by Crippen LogP contribution is 2.24. The van der Waals surface area contributed by atoms with Gasteiger partial charge in [-0.15, -0.1) is 0 Å². The van der Waals surface area contributed by atoms with Gasteiger partial charge in [-0.1, -0.05) is 6.07 Å². The molecule has 2 aromatic rings. The van der Waals surface area contributed by atoms with E-state index in [1.54, 1.807) is 12.4 Å². The lowest BCUT2D eigenvalue weighted by Crippen LogP contribution is -2.37. The smallest absolute Gasteiger partial charge is 0.274 e. The van der Waals surface area contributed by atoms with Crippen molar-refractivity contribution in [3.63, 3.8) is 0 Å². The van der Waals surface area contributed by atoms with Crippen molar-refractivity contribution in [1.29, 1.82) is 0 Å². The van der Waals surface area contributed by atoms with Crippen LogP contribution in [0.1, 0.15) is 19.3 Å². The summed E-state index contributed by atoms with van der Waals surface area (Å²) < 4.78 is 24.2. The molecule has 0 amide bonds. The molecule has 1 aliphatic heterocycles. The molecular weight excluding hydrogens is 354 g/mol. The SMILES string of the molecule is NS(=O)(=O)NCCC1CCN(c2ccnc(Nc3ccccn3)n2)CC1. The van der Waals surface area contributed by atoms with Gasteiger partial charge in [-0.05, 0) is 43.4 Å². The van der Waals surface area contributed by atoms with Crippen LogP contribution in [0.25, 0.3) is 0 Å². The average Bonchev–Trinajstić information content (AvgIpc) is 2.62. The molecule has 1 fully saturated rings. The second-order valence-electron chi connectivity index (χ2n) is 6.24. The molecule has 1 saturated heterocycles. The zero-order valence-electron chi connectivity index (χ0n) is 14.4. The lowest BCUT2D eigenvalue weighted by atomic mass is 9.94. The molecule has 0 saturated carbocycles. The number of hydrogen-bond acceptors (Lipinski definition) is 7. The van der Waals surface area contributed by atoms with Gasteiger partial charge in [0.2, 0.25) is 5.95 Å². The molecule has 3 rings (SSSR count). The third kappa shape index (κ3) is 5.61. The van der Waals surface area contributed by atoms with Crippen molar-refractivity contribution >= 4 is 27.8 Å². The number of piperidine rings is 1. The van der Waals surface area contributed by atoms with E-state index in [2.05, 4.69) is 29.9 Å². The maximum Gasteiger partial charge on any atom is 0.274 e. The first-order valence-electron chi connectivity index (χ1n) is 8.53. The number of anilines is 3. The van der Waals surface area contributed by atoms with Crippen LogP contribution in [0, 0.1) is 5.92 Å². The fourth-order valence-corrected chi connectivity index (χ4v) is 3.40. The lowest BCUT2D eigenvalue weighted by molar-refractivity contribution is 0.380. The molecule has 0 aromatic carbocycles. The molecular formula is C16H23N7O2S. The molecule has 0 radical (unpaired) electrons. The van der Waals surface area contributed by atoms with Crippen LogP contribution in [0.5, 0.6) is 0 Å². The van der Waals surface area contributed by atoms with Gasteiger partial charge in [0.25, 0.3) is 10.2 Å². The number of hydrogen-bond donors (Lipinski definition) is 3. The van der Waals surface area contributed by atoms with E-state index in [1.165, 1.54) is 0 Å². The fourth-order valence-electron chi connectivity index (χ4n) is 2.99. The Hall–Kier alpha value is -2.30. The van der Waals surface area contributed by atoms with E-state index in [1.807, 2.05) is 24.3 Å². The molecule has 9 nitrogen and oxygen atoms in total. The highest BCUT2D eigenvalue weighted by Gasteiger charge is 2.20. The normalized spacial score (nSPS) is 15.8. The lowest BCUT2D eigenvalue weighted by Gasteiger charge is -2.32. The minimum Gasteiger partial charge on any atom is -0.356 e. The number of pyridine rings is 1. The van der Waals surface area contributed by atoms with Crippen LogP contribution in [0.15, 0.2) is 36.7 Å². The van der Waals surface area contributed by atoms with Crippen LogP contribution < -0.4 is 20.1 Å². The van der Waals surface area contributed by atoms with Gasteiger partial charge in [0.1, 0.15) is 11.6 Å². The van der Waals surface area contributed by atoms with E-state index >= 15 is 0 Å². The van der Waals surface area contributed by atoms with Gasteiger partial charge in [0, 0.05) is 32.0 Å². The minimum atomic E-state index is -3.60. The molecule has 26 heavy (non-hydrogen) atoms. The summed E-state index contributed by atoms with van der Waals surface area (Å²) in [4.78, 5) is 15.2. The second kappa shape index (κ2) is 8.39. The zero-order valence-corrected chi connectivity index (χ0v) is 15.2. The van der Waals surface area contributed by atoms with E-state index < -0.39 is 10.2 Å². The van der Waals surface area contributed by atoms with E-state index in [4.69, 9.17) is 5.14 Å². The monoisotopic (exact) mass is 377 g/mol.